The van der Waals surface area contributed by atoms with Crippen LogP contribution >= 0.6 is 0 Å². The van der Waals surface area contributed by atoms with Crippen LogP contribution in [0.3, 0.4) is 0 Å². The molecule has 2 rings (SSSR count). The normalized spacial score (nSPS) is 23.7. The van der Waals surface area contributed by atoms with Crippen molar-refractivity contribution < 1.29 is 19.1 Å². The summed E-state index contributed by atoms with van der Waals surface area (Å²) in [6, 6.07) is 0. The van der Waals surface area contributed by atoms with E-state index in [1.807, 2.05) is 11.8 Å². The maximum absolute atomic E-state index is 12.5. The van der Waals surface area contributed by atoms with Crippen LogP contribution in [0, 0.1) is 11.8 Å². The lowest BCUT2D eigenvalue weighted by molar-refractivity contribution is -0.149. The highest BCUT2D eigenvalue weighted by Gasteiger charge is 2.29. The summed E-state index contributed by atoms with van der Waals surface area (Å²) >= 11 is 0. The standard InChI is InChI=1S/C17H30N2O4/c1-3-23-17(21)15-6-9-18(10-7-15)12-16(20)19-8-4-5-14(11-19)13-22-2/h14-15H,3-13H2,1-2H3. The number of hydrogen-bond donors (Lipinski definition) is 0. The first-order valence-corrected chi connectivity index (χ1v) is 8.79. The summed E-state index contributed by atoms with van der Waals surface area (Å²) in [5.74, 6) is 0.590. The van der Waals surface area contributed by atoms with Gasteiger partial charge in [-0.05, 0) is 51.6 Å². The molecule has 0 aromatic carbocycles. The van der Waals surface area contributed by atoms with Crippen LogP contribution in [0.15, 0.2) is 0 Å². The van der Waals surface area contributed by atoms with Gasteiger partial charge in [-0.3, -0.25) is 14.5 Å². The van der Waals surface area contributed by atoms with Gasteiger partial charge in [0.1, 0.15) is 0 Å². The molecule has 1 atom stereocenters. The Labute approximate surface area is 139 Å². The molecule has 0 saturated carbocycles. The minimum atomic E-state index is -0.0862. The zero-order valence-electron chi connectivity index (χ0n) is 14.5. The Morgan fingerprint density at radius 1 is 1.13 bits per heavy atom. The van der Waals surface area contributed by atoms with Gasteiger partial charge in [0, 0.05) is 20.2 Å². The summed E-state index contributed by atoms with van der Waals surface area (Å²) in [4.78, 5) is 28.4. The van der Waals surface area contributed by atoms with Gasteiger partial charge in [0.2, 0.25) is 5.91 Å². The van der Waals surface area contributed by atoms with Crippen LogP contribution in [-0.2, 0) is 19.1 Å². The third-order valence-corrected chi connectivity index (χ3v) is 4.84. The molecule has 1 unspecified atom stereocenters. The van der Waals surface area contributed by atoms with Gasteiger partial charge < -0.3 is 14.4 Å². The molecule has 2 fully saturated rings. The van der Waals surface area contributed by atoms with Gasteiger partial charge in [-0.2, -0.15) is 0 Å². The van der Waals surface area contributed by atoms with Gasteiger partial charge in [-0.25, -0.2) is 0 Å². The van der Waals surface area contributed by atoms with Crippen molar-refractivity contribution in [3.63, 3.8) is 0 Å². The van der Waals surface area contributed by atoms with Gasteiger partial charge >= 0.3 is 5.97 Å². The molecule has 0 radical (unpaired) electrons. The number of ether oxygens (including phenoxy) is 2. The number of methoxy groups -OCH3 is 1. The summed E-state index contributed by atoms with van der Waals surface area (Å²) in [5, 5.41) is 0. The predicted molar refractivity (Wildman–Crippen MR) is 87.0 cm³/mol. The van der Waals surface area contributed by atoms with Crippen molar-refractivity contribution in [2.24, 2.45) is 11.8 Å². The Morgan fingerprint density at radius 2 is 1.87 bits per heavy atom. The molecule has 2 aliphatic heterocycles. The highest BCUT2D eigenvalue weighted by atomic mass is 16.5. The summed E-state index contributed by atoms with van der Waals surface area (Å²) in [5.41, 5.74) is 0. The zero-order valence-corrected chi connectivity index (χ0v) is 14.5. The van der Waals surface area contributed by atoms with E-state index < -0.39 is 0 Å². The second-order valence-electron chi connectivity index (χ2n) is 6.61. The molecule has 0 bridgehead atoms. The molecule has 0 spiro atoms. The maximum Gasteiger partial charge on any atom is 0.309 e. The molecule has 0 aromatic heterocycles. The van der Waals surface area contributed by atoms with Gasteiger partial charge in [0.25, 0.3) is 0 Å². The lowest BCUT2D eigenvalue weighted by Crippen LogP contribution is -2.47. The fraction of sp³-hybridized carbons (Fsp3) is 0.882. The topological polar surface area (TPSA) is 59.1 Å². The van der Waals surface area contributed by atoms with Crippen LogP contribution in [0.25, 0.3) is 0 Å². The number of carbonyl (C=O) groups is 2. The number of rotatable bonds is 6. The highest BCUT2D eigenvalue weighted by molar-refractivity contribution is 5.78. The van der Waals surface area contributed by atoms with Crippen molar-refractivity contribution in [2.45, 2.75) is 32.6 Å². The largest absolute Gasteiger partial charge is 0.466 e. The minimum absolute atomic E-state index is 0.00220. The third-order valence-electron chi connectivity index (χ3n) is 4.84. The van der Waals surface area contributed by atoms with E-state index in [-0.39, 0.29) is 17.8 Å². The average Bonchev–Trinajstić information content (AvgIpc) is 2.56. The molecule has 6 nitrogen and oxygen atoms in total. The van der Waals surface area contributed by atoms with Crippen molar-refractivity contribution in [1.82, 2.24) is 9.80 Å². The second kappa shape index (κ2) is 9.23. The molecular formula is C17H30N2O4. The smallest absolute Gasteiger partial charge is 0.309 e. The van der Waals surface area contributed by atoms with Crippen LogP contribution in [0.5, 0.6) is 0 Å². The molecule has 0 N–H and O–H groups in total. The Morgan fingerprint density at radius 3 is 2.52 bits per heavy atom. The summed E-state index contributed by atoms with van der Waals surface area (Å²) < 4.78 is 10.3. The van der Waals surface area contributed by atoms with E-state index >= 15 is 0 Å². The zero-order chi connectivity index (χ0) is 16.7. The van der Waals surface area contributed by atoms with Crippen molar-refractivity contribution >= 4 is 11.9 Å². The molecule has 0 aliphatic carbocycles. The highest BCUT2D eigenvalue weighted by Crippen LogP contribution is 2.20. The van der Waals surface area contributed by atoms with Gasteiger partial charge in [-0.1, -0.05) is 0 Å². The molecule has 132 valence electrons. The van der Waals surface area contributed by atoms with Crippen molar-refractivity contribution in [3.05, 3.63) is 0 Å². The van der Waals surface area contributed by atoms with Crippen LogP contribution < -0.4 is 0 Å². The number of nitrogens with zero attached hydrogens (tertiary/aromatic N) is 2. The van der Waals surface area contributed by atoms with Crippen LogP contribution in [0.2, 0.25) is 0 Å². The summed E-state index contributed by atoms with van der Waals surface area (Å²) in [7, 11) is 1.72. The van der Waals surface area contributed by atoms with E-state index in [1.54, 1.807) is 7.11 Å². The van der Waals surface area contributed by atoms with E-state index in [9.17, 15) is 9.59 Å². The molecule has 2 saturated heterocycles. The molecule has 23 heavy (non-hydrogen) atoms. The van der Waals surface area contributed by atoms with E-state index in [0.717, 1.165) is 58.5 Å². The fourth-order valence-electron chi connectivity index (χ4n) is 3.54. The quantitative estimate of drug-likeness (QED) is 0.685. The van der Waals surface area contributed by atoms with E-state index in [0.29, 0.717) is 19.1 Å². The first-order valence-electron chi connectivity index (χ1n) is 8.79. The Balaban J connectivity index is 1.73. The molecular weight excluding hydrogens is 296 g/mol. The van der Waals surface area contributed by atoms with Gasteiger partial charge in [0.15, 0.2) is 0 Å². The monoisotopic (exact) mass is 326 g/mol. The fourth-order valence-corrected chi connectivity index (χ4v) is 3.54. The van der Waals surface area contributed by atoms with E-state index in [2.05, 4.69) is 4.90 Å². The van der Waals surface area contributed by atoms with Gasteiger partial charge in [-0.15, -0.1) is 0 Å². The molecule has 6 heteroatoms. The Hall–Kier alpha value is -1.14. The van der Waals surface area contributed by atoms with Crippen LogP contribution in [0.4, 0.5) is 0 Å². The number of likely N-dealkylation sites (tertiary alicyclic amines) is 2. The second-order valence-corrected chi connectivity index (χ2v) is 6.61. The van der Waals surface area contributed by atoms with E-state index in [4.69, 9.17) is 9.47 Å². The Bertz CT molecular complexity index is 392. The number of amides is 1. The molecule has 2 aliphatic rings. The summed E-state index contributed by atoms with van der Waals surface area (Å²) in [6.45, 7) is 6.74. The third kappa shape index (κ3) is 5.46. The number of hydrogen-bond acceptors (Lipinski definition) is 5. The van der Waals surface area contributed by atoms with Crippen LogP contribution in [-0.4, -0.2) is 74.7 Å². The number of esters is 1. The minimum Gasteiger partial charge on any atom is -0.466 e. The maximum atomic E-state index is 12.5. The summed E-state index contributed by atoms with van der Waals surface area (Å²) in [6.07, 6.45) is 3.78. The molecule has 1 amide bonds. The van der Waals surface area contributed by atoms with Crippen molar-refractivity contribution in [2.75, 3.05) is 53.0 Å². The molecule has 0 aromatic rings. The van der Waals surface area contributed by atoms with Crippen molar-refractivity contribution in [3.8, 4) is 0 Å². The lowest BCUT2D eigenvalue weighted by Gasteiger charge is -2.35. The number of piperidine rings is 2. The van der Waals surface area contributed by atoms with E-state index in [1.165, 1.54) is 0 Å². The first-order chi connectivity index (χ1) is 11.1. The SMILES string of the molecule is CCOC(=O)C1CCN(CC(=O)N2CCCC(COC)C2)CC1. The number of carbonyl (C=O) groups excluding carboxylic acids is 2. The Kier molecular flexibility index (Phi) is 7.30. The lowest BCUT2D eigenvalue weighted by atomic mass is 9.96. The molecule has 2 heterocycles. The first kappa shape index (κ1) is 18.2. The predicted octanol–water partition coefficient (Wildman–Crippen LogP) is 1.15. The van der Waals surface area contributed by atoms with Crippen LogP contribution in [0.1, 0.15) is 32.6 Å². The average molecular weight is 326 g/mol. The van der Waals surface area contributed by atoms with Crippen molar-refractivity contribution in [1.29, 1.82) is 0 Å². The van der Waals surface area contributed by atoms with Gasteiger partial charge in [0.05, 0.1) is 25.7 Å².